The minimum absolute atomic E-state index is 0.477. The Morgan fingerprint density at radius 3 is 2.21 bits per heavy atom. The molecule has 0 aromatic heterocycles. The molecule has 14 heavy (non-hydrogen) atoms. The predicted molar refractivity (Wildman–Crippen MR) is 64.9 cm³/mol. The van der Waals surface area contributed by atoms with Crippen molar-refractivity contribution in [2.75, 3.05) is 0 Å². The monoisotopic (exact) mass is 216 g/mol. The maximum absolute atomic E-state index is 6.40. The number of rotatable bonds is 6. The topological polar surface area (TPSA) is 0 Å². The Labute approximate surface area is 94.4 Å². The molecule has 0 nitrogen and oxygen atoms in total. The summed E-state index contributed by atoms with van der Waals surface area (Å²) >= 11 is 6.40. The zero-order valence-corrected chi connectivity index (χ0v) is 10.5. The lowest BCUT2D eigenvalue weighted by Gasteiger charge is -2.16. The maximum Gasteiger partial charge on any atom is 0.0364 e. The Bertz CT molecular complexity index is 136. The van der Waals surface area contributed by atoms with E-state index in [4.69, 9.17) is 11.6 Å². The molecule has 0 saturated heterocycles. The molecule has 1 atom stereocenters. The first-order valence-corrected chi connectivity index (χ1v) is 6.78. The fourth-order valence-electron chi connectivity index (χ4n) is 2.45. The molecule has 1 aliphatic rings. The molecule has 0 N–H and O–H groups in total. The lowest BCUT2D eigenvalue weighted by molar-refractivity contribution is 0.457. The van der Waals surface area contributed by atoms with Crippen LogP contribution in [0.3, 0.4) is 0 Å². The minimum atomic E-state index is 0.477. The van der Waals surface area contributed by atoms with Gasteiger partial charge in [-0.25, -0.2) is 0 Å². The lowest BCUT2D eigenvalue weighted by atomic mass is 9.97. The molecule has 0 spiro atoms. The van der Waals surface area contributed by atoms with E-state index >= 15 is 0 Å². The summed E-state index contributed by atoms with van der Waals surface area (Å²) < 4.78 is 0. The van der Waals surface area contributed by atoms with E-state index in [0.717, 1.165) is 11.8 Å². The van der Waals surface area contributed by atoms with E-state index in [9.17, 15) is 0 Å². The fraction of sp³-hybridized carbons (Fsp3) is 1.00. The first kappa shape index (κ1) is 12.4. The molecule has 0 aromatic carbocycles. The highest BCUT2D eigenvalue weighted by molar-refractivity contribution is 6.20. The highest BCUT2D eigenvalue weighted by Crippen LogP contribution is 2.32. The highest BCUT2D eigenvalue weighted by Gasteiger charge is 2.22. The lowest BCUT2D eigenvalue weighted by Crippen LogP contribution is -2.11. The molecule has 0 aliphatic heterocycles. The second kappa shape index (κ2) is 6.71. The quantitative estimate of drug-likeness (QED) is 0.433. The summed E-state index contributed by atoms with van der Waals surface area (Å²) in [6.45, 7) is 4.60. The van der Waals surface area contributed by atoms with Gasteiger partial charge in [0.2, 0.25) is 0 Å². The van der Waals surface area contributed by atoms with Crippen molar-refractivity contribution in [2.45, 2.75) is 70.6 Å². The first-order chi connectivity index (χ1) is 6.70. The smallest absolute Gasteiger partial charge is 0.0364 e. The summed E-state index contributed by atoms with van der Waals surface area (Å²) in [5.41, 5.74) is 0. The summed E-state index contributed by atoms with van der Waals surface area (Å²) in [4.78, 5) is 0. The second-order valence-electron chi connectivity index (χ2n) is 5.24. The van der Waals surface area contributed by atoms with Gasteiger partial charge >= 0.3 is 0 Å². The highest BCUT2D eigenvalue weighted by atomic mass is 35.5. The van der Waals surface area contributed by atoms with E-state index in [1.54, 1.807) is 0 Å². The molecule has 84 valence electrons. The molecule has 1 aliphatic carbocycles. The van der Waals surface area contributed by atoms with Crippen LogP contribution in [-0.2, 0) is 0 Å². The first-order valence-electron chi connectivity index (χ1n) is 6.34. The number of hydrogen-bond donors (Lipinski definition) is 0. The Balaban J connectivity index is 1.99. The van der Waals surface area contributed by atoms with Gasteiger partial charge < -0.3 is 0 Å². The van der Waals surface area contributed by atoms with Gasteiger partial charge in [-0.2, -0.15) is 0 Å². The third-order valence-corrected chi connectivity index (χ3v) is 4.00. The van der Waals surface area contributed by atoms with Gasteiger partial charge in [0, 0.05) is 5.38 Å². The van der Waals surface area contributed by atoms with Crippen molar-refractivity contribution in [3.05, 3.63) is 0 Å². The summed E-state index contributed by atoms with van der Waals surface area (Å²) in [5.74, 6) is 1.70. The standard InChI is InChI=1S/C13H25Cl/c1-11(2)7-3-6-10-13(14)12-8-4-5-9-12/h11-13H,3-10H2,1-2H3. The Hall–Kier alpha value is 0.290. The molecule has 0 amide bonds. The average molecular weight is 217 g/mol. The molecule has 0 bridgehead atoms. The van der Waals surface area contributed by atoms with E-state index in [1.807, 2.05) is 0 Å². The van der Waals surface area contributed by atoms with Crippen molar-refractivity contribution in [2.24, 2.45) is 11.8 Å². The second-order valence-corrected chi connectivity index (χ2v) is 5.80. The van der Waals surface area contributed by atoms with Crippen LogP contribution in [0.2, 0.25) is 0 Å². The van der Waals surface area contributed by atoms with Crippen LogP contribution in [0.25, 0.3) is 0 Å². The predicted octanol–water partition coefficient (Wildman–Crippen LogP) is 5.00. The van der Waals surface area contributed by atoms with Gasteiger partial charge in [0.25, 0.3) is 0 Å². The van der Waals surface area contributed by atoms with Crippen LogP contribution in [0.15, 0.2) is 0 Å². The van der Waals surface area contributed by atoms with E-state index < -0.39 is 0 Å². The van der Waals surface area contributed by atoms with Crippen LogP contribution in [0.4, 0.5) is 0 Å². The van der Waals surface area contributed by atoms with Crippen molar-refractivity contribution >= 4 is 11.6 Å². The summed E-state index contributed by atoms with van der Waals surface area (Å²) in [7, 11) is 0. The van der Waals surface area contributed by atoms with Crippen LogP contribution < -0.4 is 0 Å². The van der Waals surface area contributed by atoms with E-state index in [2.05, 4.69) is 13.8 Å². The average Bonchev–Trinajstić information content (AvgIpc) is 2.64. The zero-order valence-electron chi connectivity index (χ0n) is 9.77. The Morgan fingerprint density at radius 1 is 1.07 bits per heavy atom. The fourth-order valence-corrected chi connectivity index (χ4v) is 2.85. The van der Waals surface area contributed by atoms with Crippen LogP contribution in [-0.4, -0.2) is 5.38 Å². The van der Waals surface area contributed by atoms with Gasteiger partial charge in [-0.3, -0.25) is 0 Å². The van der Waals surface area contributed by atoms with Crippen LogP contribution in [0.5, 0.6) is 0 Å². The van der Waals surface area contributed by atoms with Gasteiger partial charge in [-0.05, 0) is 31.1 Å². The number of halogens is 1. The van der Waals surface area contributed by atoms with E-state index in [0.29, 0.717) is 5.38 Å². The zero-order chi connectivity index (χ0) is 10.4. The molecule has 0 radical (unpaired) electrons. The van der Waals surface area contributed by atoms with Crippen LogP contribution in [0.1, 0.15) is 65.2 Å². The molecule has 1 heteroatoms. The minimum Gasteiger partial charge on any atom is -0.123 e. The van der Waals surface area contributed by atoms with Gasteiger partial charge in [0.05, 0.1) is 0 Å². The van der Waals surface area contributed by atoms with Gasteiger partial charge in [0.1, 0.15) is 0 Å². The summed E-state index contributed by atoms with van der Waals surface area (Å²) in [6, 6.07) is 0. The van der Waals surface area contributed by atoms with Gasteiger partial charge in [0.15, 0.2) is 0 Å². The third-order valence-electron chi connectivity index (χ3n) is 3.42. The Kier molecular flexibility index (Phi) is 5.93. The summed E-state index contributed by atoms with van der Waals surface area (Å²) in [5, 5.41) is 0.477. The Morgan fingerprint density at radius 2 is 1.64 bits per heavy atom. The van der Waals surface area contributed by atoms with Crippen LogP contribution >= 0.6 is 11.6 Å². The van der Waals surface area contributed by atoms with Crippen molar-refractivity contribution in [3.63, 3.8) is 0 Å². The van der Waals surface area contributed by atoms with Crippen molar-refractivity contribution in [1.82, 2.24) is 0 Å². The molecule has 1 saturated carbocycles. The van der Waals surface area contributed by atoms with Crippen molar-refractivity contribution < 1.29 is 0 Å². The SMILES string of the molecule is CC(C)CCCCC(Cl)C1CCCC1. The third kappa shape index (κ3) is 4.68. The number of hydrogen-bond acceptors (Lipinski definition) is 0. The molecule has 1 rings (SSSR count). The normalized spacial score (nSPS) is 20.6. The number of alkyl halides is 1. The van der Waals surface area contributed by atoms with E-state index in [1.165, 1.54) is 51.4 Å². The maximum atomic E-state index is 6.40. The molecular weight excluding hydrogens is 192 g/mol. The molecule has 0 aromatic rings. The van der Waals surface area contributed by atoms with E-state index in [-0.39, 0.29) is 0 Å². The summed E-state index contributed by atoms with van der Waals surface area (Å²) in [6.07, 6.45) is 10.9. The molecular formula is C13H25Cl. The van der Waals surface area contributed by atoms with Gasteiger partial charge in [-0.15, -0.1) is 11.6 Å². The molecule has 1 fully saturated rings. The largest absolute Gasteiger partial charge is 0.123 e. The number of unbranched alkanes of at least 4 members (excludes halogenated alkanes) is 1. The van der Waals surface area contributed by atoms with Gasteiger partial charge in [-0.1, -0.05) is 46.0 Å². The van der Waals surface area contributed by atoms with Crippen LogP contribution in [0, 0.1) is 11.8 Å². The van der Waals surface area contributed by atoms with Crippen molar-refractivity contribution in [1.29, 1.82) is 0 Å². The molecule has 1 unspecified atom stereocenters. The molecule has 0 heterocycles. The van der Waals surface area contributed by atoms with Crippen molar-refractivity contribution in [3.8, 4) is 0 Å².